The number of hydrogen-bond donors (Lipinski definition) is 2. The molecule has 2 rings (SSSR count). The van der Waals surface area contributed by atoms with Crippen molar-refractivity contribution in [3.8, 4) is 5.75 Å². The highest BCUT2D eigenvalue weighted by Gasteiger charge is 2.30. The SMILES string of the molecule is NC(c1cc(O)c(F)c(F)c1)C1CC1. The topological polar surface area (TPSA) is 46.2 Å². The molecule has 0 bridgehead atoms. The maximum absolute atomic E-state index is 12.9. The van der Waals surface area contributed by atoms with Gasteiger partial charge >= 0.3 is 0 Å². The minimum Gasteiger partial charge on any atom is -0.505 e. The fourth-order valence-electron chi connectivity index (χ4n) is 1.51. The molecule has 1 unspecified atom stereocenters. The minimum absolute atomic E-state index is 0.295. The molecule has 0 radical (unpaired) electrons. The zero-order valence-electron chi connectivity index (χ0n) is 7.50. The van der Waals surface area contributed by atoms with Gasteiger partial charge in [-0.1, -0.05) is 0 Å². The van der Waals surface area contributed by atoms with Gasteiger partial charge < -0.3 is 10.8 Å². The maximum atomic E-state index is 12.9. The van der Waals surface area contributed by atoms with Crippen molar-refractivity contribution in [1.82, 2.24) is 0 Å². The van der Waals surface area contributed by atoms with Crippen LogP contribution in [0.1, 0.15) is 24.4 Å². The van der Waals surface area contributed by atoms with E-state index in [0.29, 0.717) is 11.5 Å². The van der Waals surface area contributed by atoms with Crippen LogP contribution in [0.2, 0.25) is 0 Å². The number of benzene rings is 1. The first-order valence-corrected chi connectivity index (χ1v) is 4.53. The second kappa shape index (κ2) is 3.20. The highest BCUT2D eigenvalue weighted by Crippen LogP contribution is 2.40. The number of rotatable bonds is 2. The molecule has 1 atom stereocenters. The molecule has 0 heterocycles. The van der Waals surface area contributed by atoms with Crippen LogP contribution in [0.5, 0.6) is 5.75 Å². The fraction of sp³-hybridized carbons (Fsp3) is 0.400. The molecular weight excluding hydrogens is 188 g/mol. The quantitative estimate of drug-likeness (QED) is 0.766. The predicted molar refractivity (Wildman–Crippen MR) is 47.7 cm³/mol. The monoisotopic (exact) mass is 199 g/mol. The van der Waals surface area contributed by atoms with Crippen molar-refractivity contribution in [1.29, 1.82) is 0 Å². The molecule has 0 spiro atoms. The van der Waals surface area contributed by atoms with Crippen molar-refractivity contribution in [2.24, 2.45) is 11.7 Å². The molecular formula is C10H11F2NO. The van der Waals surface area contributed by atoms with E-state index in [9.17, 15) is 8.78 Å². The summed E-state index contributed by atoms with van der Waals surface area (Å²) in [4.78, 5) is 0. The third kappa shape index (κ3) is 1.57. The van der Waals surface area contributed by atoms with Crippen molar-refractivity contribution >= 4 is 0 Å². The number of phenols is 1. The zero-order chi connectivity index (χ0) is 10.3. The average molecular weight is 199 g/mol. The molecule has 0 aliphatic heterocycles. The number of hydrogen-bond acceptors (Lipinski definition) is 2. The summed E-state index contributed by atoms with van der Waals surface area (Å²) in [5, 5.41) is 9.06. The molecule has 1 fully saturated rings. The lowest BCUT2D eigenvalue weighted by atomic mass is 10.0. The van der Waals surface area contributed by atoms with Crippen molar-refractivity contribution in [3.63, 3.8) is 0 Å². The van der Waals surface area contributed by atoms with E-state index in [0.717, 1.165) is 18.9 Å². The van der Waals surface area contributed by atoms with E-state index in [4.69, 9.17) is 10.8 Å². The van der Waals surface area contributed by atoms with Gasteiger partial charge in [0.25, 0.3) is 0 Å². The molecule has 14 heavy (non-hydrogen) atoms. The van der Waals surface area contributed by atoms with Crippen LogP contribution in [0.3, 0.4) is 0 Å². The summed E-state index contributed by atoms with van der Waals surface area (Å²) in [5.74, 6) is -2.58. The van der Waals surface area contributed by atoms with Crippen LogP contribution in [0.25, 0.3) is 0 Å². The fourth-order valence-corrected chi connectivity index (χ4v) is 1.51. The molecule has 0 saturated heterocycles. The maximum Gasteiger partial charge on any atom is 0.200 e. The Bertz CT molecular complexity index is 340. The van der Waals surface area contributed by atoms with Gasteiger partial charge in [0, 0.05) is 6.04 Å². The summed E-state index contributed by atoms with van der Waals surface area (Å²) in [6.07, 6.45) is 2.03. The van der Waals surface area contributed by atoms with Crippen molar-refractivity contribution < 1.29 is 13.9 Å². The van der Waals surface area contributed by atoms with Gasteiger partial charge in [-0.3, -0.25) is 0 Å². The predicted octanol–water partition coefficient (Wildman–Crippen LogP) is 2.08. The lowest BCUT2D eigenvalue weighted by molar-refractivity contribution is 0.404. The van der Waals surface area contributed by atoms with E-state index in [-0.39, 0.29) is 6.04 Å². The Morgan fingerprint density at radius 1 is 1.36 bits per heavy atom. The summed E-state index contributed by atoms with van der Waals surface area (Å²) in [5.41, 5.74) is 6.25. The number of nitrogens with two attached hydrogens (primary N) is 1. The van der Waals surface area contributed by atoms with Gasteiger partial charge in [-0.25, -0.2) is 4.39 Å². The zero-order valence-corrected chi connectivity index (χ0v) is 7.50. The molecule has 4 heteroatoms. The normalized spacial score (nSPS) is 18.2. The van der Waals surface area contributed by atoms with Crippen LogP contribution in [0, 0.1) is 17.6 Å². The van der Waals surface area contributed by atoms with Crippen molar-refractivity contribution in [2.75, 3.05) is 0 Å². The Balaban J connectivity index is 2.34. The summed E-state index contributed by atoms with van der Waals surface area (Å²) in [7, 11) is 0. The lowest BCUT2D eigenvalue weighted by Gasteiger charge is -2.11. The molecule has 1 aromatic rings. The van der Waals surface area contributed by atoms with Crippen LogP contribution in [-0.2, 0) is 0 Å². The van der Waals surface area contributed by atoms with Gasteiger partial charge in [-0.05, 0) is 36.5 Å². The molecule has 2 nitrogen and oxygen atoms in total. The molecule has 0 amide bonds. The first-order chi connectivity index (χ1) is 6.59. The first-order valence-electron chi connectivity index (χ1n) is 4.53. The Morgan fingerprint density at radius 2 is 2.00 bits per heavy atom. The van der Waals surface area contributed by atoms with E-state index in [1.807, 2.05) is 0 Å². The minimum atomic E-state index is -1.21. The summed E-state index contributed by atoms with van der Waals surface area (Å²) in [6, 6.07) is 1.95. The molecule has 1 aliphatic rings. The van der Waals surface area contributed by atoms with Crippen LogP contribution >= 0.6 is 0 Å². The van der Waals surface area contributed by atoms with E-state index < -0.39 is 17.4 Å². The Kier molecular flexibility index (Phi) is 2.15. The van der Waals surface area contributed by atoms with E-state index in [2.05, 4.69) is 0 Å². The number of halogens is 2. The van der Waals surface area contributed by atoms with E-state index in [1.54, 1.807) is 0 Å². The summed E-state index contributed by atoms with van der Waals surface area (Å²) >= 11 is 0. The van der Waals surface area contributed by atoms with E-state index in [1.165, 1.54) is 6.07 Å². The van der Waals surface area contributed by atoms with Gasteiger partial charge in [-0.2, -0.15) is 4.39 Å². The second-order valence-corrected chi connectivity index (χ2v) is 3.70. The van der Waals surface area contributed by atoms with Gasteiger partial charge in [0.2, 0.25) is 0 Å². The van der Waals surface area contributed by atoms with Crippen molar-refractivity contribution in [3.05, 3.63) is 29.3 Å². The van der Waals surface area contributed by atoms with Gasteiger partial charge in [0.05, 0.1) is 0 Å². The summed E-state index contributed by atoms with van der Waals surface area (Å²) < 4.78 is 25.6. The van der Waals surface area contributed by atoms with Gasteiger partial charge in [0.15, 0.2) is 17.4 Å². The number of phenolic OH excluding ortho intramolecular Hbond substituents is 1. The molecule has 1 aromatic carbocycles. The molecule has 1 saturated carbocycles. The van der Waals surface area contributed by atoms with Crippen LogP contribution in [0.4, 0.5) is 8.78 Å². The van der Waals surface area contributed by atoms with Crippen LogP contribution < -0.4 is 5.73 Å². The molecule has 0 aromatic heterocycles. The van der Waals surface area contributed by atoms with Crippen LogP contribution in [-0.4, -0.2) is 5.11 Å². The first kappa shape index (κ1) is 9.40. The van der Waals surface area contributed by atoms with Gasteiger partial charge in [-0.15, -0.1) is 0 Å². The highest BCUT2D eigenvalue weighted by molar-refractivity contribution is 5.32. The smallest absolute Gasteiger partial charge is 0.200 e. The van der Waals surface area contributed by atoms with Gasteiger partial charge in [0.1, 0.15) is 0 Å². The third-order valence-electron chi connectivity index (χ3n) is 2.55. The highest BCUT2D eigenvalue weighted by atomic mass is 19.2. The molecule has 3 N–H and O–H groups in total. The largest absolute Gasteiger partial charge is 0.505 e. The second-order valence-electron chi connectivity index (χ2n) is 3.70. The number of aromatic hydroxyl groups is 1. The van der Waals surface area contributed by atoms with Crippen molar-refractivity contribution in [2.45, 2.75) is 18.9 Å². The standard InChI is InChI=1S/C10H11F2NO/c11-7-3-6(4-8(14)9(7)12)10(13)5-1-2-5/h3-5,10,14H,1-2,13H2. The Labute approximate surface area is 80.4 Å². The Hall–Kier alpha value is -1.16. The molecule has 76 valence electrons. The van der Waals surface area contributed by atoms with Crippen LogP contribution in [0.15, 0.2) is 12.1 Å². The summed E-state index contributed by atoms with van der Waals surface area (Å²) in [6.45, 7) is 0. The lowest BCUT2D eigenvalue weighted by Crippen LogP contribution is -2.12. The average Bonchev–Trinajstić information content (AvgIpc) is 2.95. The third-order valence-corrected chi connectivity index (χ3v) is 2.55. The van der Waals surface area contributed by atoms with E-state index >= 15 is 0 Å². The Morgan fingerprint density at radius 3 is 2.50 bits per heavy atom. The molecule has 1 aliphatic carbocycles.